The van der Waals surface area contributed by atoms with Crippen LogP contribution in [0, 0.1) is 11.8 Å². The zero-order valence-electron chi connectivity index (χ0n) is 15.5. The Hall–Kier alpha value is -1.62. The van der Waals surface area contributed by atoms with Gasteiger partial charge in [0, 0.05) is 38.4 Å². The van der Waals surface area contributed by atoms with Gasteiger partial charge in [-0.05, 0) is 69.5 Å². The molecule has 0 bridgehead atoms. The van der Waals surface area contributed by atoms with Gasteiger partial charge in [-0.3, -0.25) is 9.48 Å². The first-order valence-electron chi connectivity index (χ1n) is 9.81. The summed E-state index contributed by atoms with van der Waals surface area (Å²) in [5.74, 6) is 1.66. The summed E-state index contributed by atoms with van der Waals surface area (Å²) in [6, 6.07) is 1.98. The van der Waals surface area contributed by atoms with E-state index in [1.165, 1.54) is 51.7 Å². The molecule has 1 amide bonds. The molecule has 1 aliphatic heterocycles. The molecule has 1 aromatic rings. The average Bonchev–Trinajstić information content (AvgIpc) is 3.05. The van der Waals surface area contributed by atoms with Crippen LogP contribution in [0.3, 0.4) is 0 Å². The molecule has 1 aliphatic carbocycles. The third kappa shape index (κ3) is 5.70. The van der Waals surface area contributed by atoms with E-state index >= 15 is 0 Å². The second kappa shape index (κ2) is 9.18. The van der Waals surface area contributed by atoms with Crippen molar-refractivity contribution in [3.05, 3.63) is 30.1 Å². The quantitative estimate of drug-likeness (QED) is 0.774. The number of aryl methyl sites for hydroxylation is 2. The molecule has 1 saturated heterocycles. The van der Waals surface area contributed by atoms with Crippen molar-refractivity contribution in [2.24, 2.45) is 18.9 Å². The lowest BCUT2D eigenvalue weighted by Crippen LogP contribution is -2.40. The molecule has 2 aliphatic rings. The highest BCUT2D eigenvalue weighted by molar-refractivity contribution is 5.76. The van der Waals surface area contributed by atoms with Gasteiger partial charge in [-0.2, -0.15) is 5.10 Å². The zero-order chi connectivity index (χ0) is 17.5. The number of piperidine rings is 1. The molecule has 3 rings (SSSR count). The highest BCUT2D eigenvalue weighted by Gasteiger charge is 2.22. The lowest BCUT2D eigenvalue weighted by Gasteiger charge is -2.34. The Morgan fingerprint density at radius 1 is 1.24 bits per heavy atom. The first kappa shape index (κ1) is 18.2. The molecule has 1 fully saturated rings. The second-order valence-electron chi connectivity index (χ2n) is 7.64. The molecule has 25 heavy (non-hydrogen) atoms. The maximum atomic E-state index is 12.1. The number of carbonyl (C=O) groups excluding carboxylic acids is 1. The molecular formula is C20H32N4O. The molecule has 0 radical (unpaired) electrons. The van der Waals surface area contributed by atoms with Crippen LogP contribution >= 0.6 is 0 Å². The minimum Gasteiger partial charge on any atom is -0.356 e. The number of nitrogens with zero attached hydrogens (tertiary/aromatic N) is 3. The molecule has 1 unspecified atom stereocenters. The van der Waals surface area contributed by atoms with Gasteiger partial charge in [0.1, 0.15) is 0 Å². The van der Waals surface area contributed by atoms with Crippen molar-refractivity contribution in [2.45, 2.75) is 44.9 Å². The fraction of sp³-hybridized carbons (Fsp3) is 0.700. The van der Waals surface area contributed by atoms with E-state index in [2.05, 4.69) is 27.5 Å². The third-order valence-corrected chi connectivity index (χ3v) is 5.72. The number of allylic oxidation sites excluding steroid dienone is 2. The van der Waals surface area contributed by atoms with Gasteiger partial charge < -0.3 is 10.2 Å². The van der Waals surface area contributed by atoms with Gasteiger partial charge in [0.05, 0.1) is 0 Å². The number of aromatic nitrogens is 2. The normalized spacial score (nSPS) is 22.2. The molecule has 0 saturated carbocycles. The summed E-state index contributed by atoms with van der Waals surface area (Å²) in [6.07, 6.45) is 14.0. The van der Waals surface area contributed by atoms with E-state index in [0.29, 0.717) is 12.3 Å². The SMILES string of the molecule is Cn1nccc1CCC(=O)NCC1CCN(CC2CC=CCC2)CC1. The van der Waals surface area contributed by atoms with Crippen molar-refractivity contribution in [1.82, 2.24) is 20.0 Å². The minimum atomic E-state index is 0.164. The van der Waals surface area contributed by atoms with Gasteiger partial charge in [0.2, 0.25) is 5.91 Å². The topological polar surface area (TPSA) is 50.2 Å². The van der Waals surface area contributed by atoms with Crippen LogP contribution in [0.15, 0.2) is 24.4 Å². The minimum absolute atomic E-state index is 0.164. The van der Waals surface area contributed by atoms with E-state index in [1.54, 1.807) is 6.20 Å². The first-order valence-corrected chi connectivity index (χ1v) is 9.81. The van der Waals surface area contributed by atoms with Gasteiger partial charge in [-0.15, -0.1) is 0 Å². The predicted octanol–water partition coefficient (Wildman–Crippen LogP) is 2.54. The second-order valence-corrected chi connectivity index (χ2v) is 7.64. The molecular weight excluding hydrogens is 312 g/mol. The van der Waals surface area contributed by atoms with Crippen LogP contribution in [0.5, 0.6) is 0 Å². The predicted molar refractivity (Wildman–Crippen MR) is 100 cm³/mol. The van der Waals surface area contributed by atoms with Crippen molar-refractivity contribution in [1.29, 1.82) is 0 Å². The number of hydrogen-bond acceptors (Lipinski definition) is 3. The Balaban J connectivity index is 1.29. The maximum absolute atomic E-state index is 12.1. The molecule has 5 heteroatoms. The van der Waals surface area contributed by atoms with Crippen LogP contribution in [0.4, 0.5) is 0 Å². The van der Waals surface area contributed by atoms with Crippen LogP contribution in [0.2, 0.25) is 0 Å². The molecule has 2 heterocycles. The van der Waals surface area contributed by atoms with Crippen molar-refractivity contribution in [2.75, 3.05) is 26.2 Å². The van der Waals surface area contributed by atoms with Gasteiger partial charge in [0.15, 0.2) is 0 Å². The molecule has 1 N–H and O–H groups in total. The largest absolute Gasteiger partial charge is 0.356 e. The smallest absolute Gasteiger partial charge is 0.220 e. The van der Waals surface area contributed by atoms with Gasteiger partial charge in [-0.1, -0.05) is 12.2 Å². The number of nitrogens with one attached hydrogen (secondary N) is 1. The number of likely N-dealkylation sites (tertiary alicyclic amines) is 1. The first-order chi connectivity index (χ1) is 12.2. The Kier molecular flexibility index (Phi) is 6.68. The van der Waals surface area contributed by atoms with E-state index < -0.39 is 0 Å². The molecule has 138 valence electrons. The number of carbonyl (C=O) groups is 1. The average molecular weight is 345 g/mol. The number of rotatable bonds is 7. The fourth-order valence-corrected chi connectivity index (χ4v) is 4.00. The van der Waals surface area contributed by atoms with Crippen LogP contribution in [0.25, 0.3) is 0 Å². The van der Waals surface area contributed by atoms with Crippen molar-refractivity contribution >= 4 is 5.91 Å². The standard InChI is InChI=1S/C20H32N4O/c1-23-19(9-12-22-23)7-8-20(25)21-15-17-10-13-24(14-11-17)16-18-5-3-2-4-6-18/h2-3,9,12,17-18H,4-8,10-11,13-16H2,1H3,(H,21,25). The number of hydrogen-bond donors (Lipinski definition) is 1. The lowest BCUT2D eigenvalue weighted by molar-refractivity contribution is -0.121. The lowest BCUT2D eigenvalue weighted by atomic mass is 9.91. The third-order valence-electron chi connectivity index (χ3n) is 5.72. The van der Waals surface area contributed by atoms with Crippen molar-refractivity contribution in [3.8, 4) is 0 Å². The monoisotopic (exact) mass is 344 g/mol. The van der Waals surface area contributed by atoms with Crippen LogP contribution in [-0.2, 0) is 18.3 Å². The van der Waals surface area contributed by atoms with Crippen LogP contribution in [-0.4, -0.2) is 46.8 Å². The number of amides is 1. The Bertz CT molecular complexity index is 572. The summed E-state index contributed by atoms with van der Waals surface area (Å²) in [5.41, 5.74) is 1.11. The van der Waals surface area contributed by atoms with Crippen molar-refractivity contribution in [3.63, 3.8) is 0 Å². The van der Waals surface area contributed by atoms with E-state index in [9.17, 15) is 4.79 Å². The van der Waals surface area contributed by atoms with E-state index in [4.69, 9.17) is 0 Å². The summed E-state index contributed by atoms with van der Waals surface area (Å²) < 4.78 is 1.84. The fourth-order valence-electron chi connectivity index (χ4n) is 4.00. The highest BCUT2D eigenvalue weighted by Crippen LogP contribution is 2.23. The van der Waals surface area contributed by atoms with Gasteiger partial charge in [0.25, 0.3) is 0 Å². The molecule has 1 aromatic heterocycles. The molecule has 0 spiro atoms. The summed E-state index contributed by atoms with van der Waals surface area (Å²) in [6.45, 7) is 4.48. The highest BCUT2D eigenvalue weighted by atomic mass is 16.1. The molecule has 5 nitrogen and oxygen atoms in total. The summed E-state index contributed by atoms with van der Waals surface area (Å²) >= 11 is 0. The molecule has 1 atom stereocenters. The summed E-state index contributed by atoms with van der Waals surface area (Å²) in [5, 5.41) is 7.27. The summed E-state index contributed by atoms with van der Waals surface area (Å²) in [4.78, 5) is 14.7. The van der Waals surface area contributed by atoms with E-state index in [0.717, 1.165) is 24.6 Å². The Morgan fingerprint density at radius 2 is 2.08 bits per heavy atom. The van der Waals surface area contributed by atoms with E-state index in [1.807, 2.05) is 17.8 Å². The van der Waals surface area contributed by atoms with Crippen molar-refractivity contribution < 1.29 is 4.79 Å². The Morgan fingerprint density at radius 3 is 2.76 bits per heavy atom. The van der Waals surface area contributed by atoms with E-state index in [-0.39, 0.29) is 5.91 Å². The van der Waals surface area contributed by atoms with Crippen LogP contribution in [0.1, 0.15) is 44.2 Å². The van der Waals surface area contributed by atoms with Gasteiger partial charge in [-0.25, -0.2) is 0 Å². The zero-order valence-corrected chi connectivity index (χ0v) is 15.5. The molecule has 0 aromatic carbocycles. The Labute approximate surface area is 151 Å². The maximum Gasteiger partial charge on any atom is 0.220 e. The summed E-state index contributed by atoms with van der Waals surface area (Å²) in [7, 11) is 1.92. The van der Waals surface area contributed by atoms with Crippen LogP contribution < -0.4 is 5.32 Å². The van der Waals surface area contributed by atoms with Gasteiger partial charge >= 0.3 is 0 Å².